The highest BCUT2D eigenvalue weighted by atomic mass is 16.3. The van der Waals surface area contributed by atoms with Crippen molar-refractivity contribution in [3.8, 4) is 11.1 Å². The molecule has 0 spiro atoms. The molecule has 2 aromatic carbocycles. The fraction of sp³-hybridized carbons (Fsp3) is 0.250. The van der Waals surface area contributed by atoms with Gasteiger partial charge in [-0.15, -0.1) is 0 Å². The molecule has 1 aliphatic rings. The SMILES string of the molecule is Cc1occc1C(=O)NCc1ccccc1-c1ccc(CN2CCCC2=O)cc1. The molecule has 0 saturated carbocycles. The van der Waals surface area contributed by atoms with Crippen LogP contribution in [0.25, 0.3) is 11.1 Å². The lowest BCUT2D eigenvalue weighted by Gasteiger charge is -2.16. The van der Waals surface area contributed by atoms with E-state index in [2.05, 4.69) is 35.6 Å². The Hall–Kier alpha value is -3.34. The minimum atomic E-state index is -0.142. The third-order valence-electron chi connectivity index (χ3n) is 5.37. The Morgan fingerprint density at radius 3 is 2.59 bits per heavy atom. The lowest BCUT2D eigenvalue weighted by molar-refractivity contribution is -0.128. The van der Waals surface area contributed by atoms with Crippen molar-refractivity contribution in [3.63, 3.8) is 0 Å². The molecule has 4 rings (SSSR count). The first-order valence-corrected chi connectivity index (χ1v) is 9.89. The molecule has 0 atom stereocenters. The maximum absolute atomic E-state index is 12.4. The lowest BCUT2D eigenvalue weighted by Crippen LogP contribution is -2.23. The van der Waals surface area contributed by atoms with Crippen LogP contribution in [0.15, 0.2) is 65.3 Å². The average Bonchev–Trinajstić information content (AvgIpc) is 3.35. The number of furan rings is 1. The first-order chi connectivity index (χ1) is 14.1. The number of carbonyl (C=O) groups excluding carboxylic acids is 2. The molecule has 148 valence electrons. The molecule has 2 amide bonds. The molecule has 0 radical (unpaired) electrons. The van der Waals surface area contributed by atoms with Crippen LogP contribution in [0.3, 0.4) is 0 Å². The van der Waals surface area contributed by atoms with Crippen LogP contribution >= 0.6 is 0 Å². The van der Waals surface area contributed by atoms with E-state index in [9.17, 15) is 9.59 Å². The summed E-state index contributed by atoms with van der Waals surface area (Å²) in [7, 11) is 0. The van der Waals surface area contributed by atoms with Crippen LogP contribution in [0, 0.1) is 6.92 Å². The topological polar surface area (TPSA) is 62.6 Å². The molecule has 29 heavy (non-hydrogen) atoms. The summed E-state index contributed by atoms with van der Waals surface area (Å²) in [6.07, 6.45) is 3.14. The minimum Gasteiger partial charge on any atom is -0.469 e. The molecule has 2 heterocycles. The molecule has 3 aromatic rings. The lowest BCUT2D eigenvalue weighted by atomic mass is 9.98. The third-order valence-corrected chi connectivity index (χ3v) is 5.37. The van der Waals surface area contributed by atoms with E-state index in [4.69, 9.17) is 4.42 Å². The van der Waals surface area contributed by atoms with E-state index < -0.39 is 0 Å². The average molecular weight is 388 g/mol. The summed E-state index contributed by atoms with van der Waals surface area (Å²) < 4.78 is 5.21. The van der Waals surface area contributed by atoms with Crippen LogP contribution in [-0.2, 0) is 17.9 Å². The molecule has 0 aliphatic carbocycles. The van der Waals surface area contributed by atoms with Gasteiger partial charge in [0.05, 0.1) is 11.8 Å². The van der Waals surface area contributed by atoms with Gasteiger partial charge in [-0.25, -0.2) is 0 Å². The highest BCUT2D eigenvalue weighted by Gasteiger charge is 2.20. The van der Waals surface area contributed by atoms with Crippen molar-refractivity contribution in [2.24, 2.45) is 0 Å². The standard InChI is InChI=1S/C24H24N2O3/c1-17-21(12-14-29-17)24(28)25-15-20-5-2-3-6-22(20)19-10-8-18(9-11-19)16-26-13-4-7-23(26)27/h2-3,5-6,8-12,14H,4,7,13,15-16H2,1H3,(H,25,28). The van der Waals surface area contributed by atoms with E-state index in [0.29, 0.717) is 30.8 Å². The molecule has 1 N–H and O–H groups in total. The van der Waals surface area contributed by atoms with E-state index in [0.717, 1.165) is 35.2 Å². The van der Waals surface area contributed by atoms with Gasteiger partial charge in [0, 0.05) is 26.1 Å². The number of amides is 2. The van der Waals surface area contributed by atoms with Crippen LogP contribution in [-0.4, -0.2) is 23.3 Å². The van der Waals surface area contributed by atoms with Crippen LogP contribution in [0.4, 0.5) is 0 Å². The summed E-state index contributed by atoms with van der Waals surface area (Å²) in [5.74, 6) is 0.711. The van der Waals surface area contributed by atoms with E-state index in [-0.39, 0.29) is 11.8 Å². The van der Waals surface area contributed by atoms with Crippen molar-refractivity contribution < 1.29 is 14.0 Å². The zero-order chi connectivity index (χ0) is 20.2. The second-order valence-corrected chi connectivity index (χ2v) is 7.35. The van der Waals surface area contributed by atoms with Crippen molar-refractivity contribution in [2.75, 3.05) is 6.54 Å². The van der Waals surface area contributed by atoms with Crippen molar-refractivity contribution in [1.82, 2.24) is 10.2 Å². The third kappa shape index (κ3) is 4.24. The Morgan fingerprint density at radius 1 is 1.10 bits per heavy atom. The fourth-order valence-electron chi connectivity index (χ4n) is 3.73. The maximum Gasteiger partial charge on any atom is 0.255 e. The Bertz CT molecular complexity index is 1020. The molecular formula is C24H24N2O3. The van der Waals surface area contributed by atoms with Crippen molar-refractivity contribution in [3.05, 3.63) is 83.3 Å². The maximum atomic E-state index is 12.4. The quantitative estimate of drug-likeness (QED) is 0.685. The molecule has 1 fully saturated rings. The number of hydrogen-bond acceptors (Lipinski definition) is 3. The second-order valence-electron chi connectivity index (χ2n) is 7.35. The van der Waals surface area contributed by atoms with Gasteiger partial charge in [-0.3, -0.25) is 9.59 Å². The molecule has 1 aromatic heterocycles. The Kier molecular flexibility index (Phi) is 5.47. The first kappa shape index (κ1) is 19.0. The number of benzene rings is 2. The van der Waals surface area contributed by atoms with Crippen LogP contribution in [0.2, 0.25) is 0 Å². The van der Waals surface area contributed by atoms with Gasteiger partial charge in [-0.2, -0.15) is 0 Å². The van der Waals surface area contributed by atoms with Crippen molar-refractivity contribution in [2.45, 2.75) is 32.9 Å². The predicted molar refractivity (Wildman–Crippen MR) is 111 cm³/mol. The predicted octanol–water partition coefficient (Wildman–Crippen LogP) is 4.31. The van der Waals surface area contributed by atoms with E-state index >= 15 is 0 Å². The summed E-state index contributed by atoms with van der Waals surface area (Å²) in [5, 5.41) is 2.97. The fourth-order valence-corrected chi connectivity index (χ4v) is 3.73. The van der Waals surface area contributed by atoms with Gasteiger partial charge in [0.2, 0.25) is 5.91 Å². The zero-order valence-electron chi connectivity index (χ0n) is 16.5. The van der Waals surface area contributed by atoms with Gasteiger partial charge >= 0.3 is 0 Å². The zero-order valence-corrected chi connectivity index (χ0v) is 16.5. The Labute approximate surface area is 170 Å². The molecular weight excluding hydrogens is 364 g/mol. The van der Waals surface area contributed by atoms with Crippen molar-refractivity contribution in [1.29, 1.82) is 0 Å². The van der Waals surface area contributed by atoms with Gasteiger partial charge in [0.1, 0.15) is 5.76 Å². The summed E-state index contributed by atoms with van der Waals surface area (Å²) >= 11 is 0. The van der Waals surface area contributed by atoms with Gasteiger partial charge < -0.3 is 14.6 Å². The number of nitrogens with one attached hydrogen (secondary N) is 1. The normalized spacial score (nSPS) is 13.7. The van der Waals surface area contributed by atoms with Crippen LogP contribution in [0.1, 0.15) is 40.1 Å². The van der Waals surface area contributed by atoms with E-state index in [1.165, 1.54) is 6.26 Å². The molecule has 1 aliphatic heterocycles. The monoisotopic (exact) mass is 388 g/mol. The largest absolute Gasteiger partial charge is 0.469 e. The molecule has 1 saturated heterocycles. The number of nitrogens with zero attached hydrogens (tertiary/aromatic N) is 1. The summed E-state index contributed by atoms with van der Waals surface area (Å²) in [6, 6.07) is 18.0. The number of likely N-dealkylation sites (tertiary alicyclic amines) is 1. The van der Waals surface area contributed by atoms with Crippen molar-refractivity contribution >= 4 is 11.8 Å². The first-order valence-electron chi connectivity index (χ1n) is 9.89. The number of rotatable bonds is 6. The van der Waals surface area contributed by atoms with Gasteiger partial charge in [-0.1, -0.05) is 48.5 Å². The van der Waals surface area contributed by atoms with Gasteiger partial charge in [0.25, 0.3) is 5.91 Å². The highest BCUT2D eigenvalue weighted by Crippen LogP contribution is 2.25. The summed E-state index contributed by atoms with van der Waals surface area (Å²) in [5.41, 5.74) is 4.91. The Morgan fingerprint density at radius 2 is 1.90 bits per heavy atom. The molecule has 5 nitrogen and oxygen atoms in total. The van der Waals surface area contributed by atoms with Crippen LogP contribution < -0.4 is 5.32 Å². The van der Waals surface area contributed by atoms with Gasteiger partial charge in [0.15, 0.2) is 0 Å². The molecule has 0 bridgehead atoms. The molecule has 5 heteroatoms. The second kappa shape index (κ2) is 8.35. The number of aryl methyl sites for hydroxylation is 1. The smallest absolute Gasteiger partial charge is 0.255 e. The number of hydrogen-bond donors (Lipinski definition) is 1. The summed E-state index contributed by atoms with van der Waals surface area (Å²) in [4.78, 5) is 26.1. The van der Waals surface area contributed by atoms with Crippen LogP contribution in [0.5, 0.6) is 0 Å². The summed E-state index contributed by atoms with van der Waals surface area (Å²) in [6.45, 7) is 3.73. The highest BCUT2D eigenvalue weighted by molar-refractivity contribution is 5.95. The minimum absolute atomic E-state index is 0.142. The van der Waals surface area contributed by atoms with Gasteiger partial charge in [-0.05, 0) is 41.7 Å². The van der Waals surface area contributed by atoms with E-state index in [1.807, 2.05) is 23.1 Å². The number of carbonyl (C=O) groups is 2. The molecule has 0 unspecified atom stereocenters. The Balaban J connectivity index is 1.47. The van der Waals surface area contributed by atoms with E-state index in [1.54, 1.807) is 13.0 Å².